The molecule has 0 aromatic heterocycles. The van der Waals surface area contributed by atoms with Crippen molar-refractivity contribution in [3.8, 4) is 5.75 Å². The zero-order chi connectivity index (χ0) is 30.9. The second kappa shape index (κ2) is 15.4. The lowest BCUT2D eigenvalue weighted by molar-refractivity contribution is -0.140. The number of anilines is 1. The Morgan fingerprint density at radius 1 is 0.952 bits per heavy atom. The Balaban J connectivity index is 2.07. The van der Waals surface area contributed by atoms with E-state index < -0.39 is 28.5 Å². The number of halogens is 2. The second-order valence-corrected chi connectivity index (χ2v) is 12.9. The van der Waals surface area contributed by atoms with E-state index in [1.165, 1.54) is 17.0 Å². The average Bonchev–Trinajstić information content (AvgIpc) is 2.97. The quantitative estimate of drug-likeness (QED) is 0.212. The Morgan fingerprint density at radius 2 is 1.60 bits per heavy atom. The van der Waals surface area contributed by atoms with Gasteiger partial charge in [0.1, 0.15) is 18.3 Å². The normalized spacial score (nSPS) is 12.7. The van der Waals surface area contributed by atoms with Crippen LogP contribution < -0.4 is 14.4 Å². The smallest absolute Gasteiger partial charge is 0.264 e. The first-order chi connectivity index (χ1) is 20.0. The first-order valence-electron chi connectivity index (χ1n) is 13.9. The fourth-order valence-electron chi connectivity index (χ4n) is 4.31. The standard InChI is InChI=1S/C31H37BrClN3O5S/c1-5-22(4)34-31(38)29(6-2)35(20-23-10-8-9-11-28(23)33)30(37)21-36(25-14-16-26(17-15-25)41-7-3)42(39,40)27-18-12-24(32)13-19-27/h8-19,22,29H,5-7,20-21H2,1-4H3,(H,34,38)/t22-,29-/m1/s1. The van der Waals surface area contributed by atoms with E-state index in [-0.39, 0.29) is 29.1 Å². The molecule has 1 N–H and O–H groups in total. The number of sulfonamides is 1. The van der Waals surface area contributed by atoms with Crippen molar-refractivity contribution in [2.75, 3.05) is 17.5 Å². The molecular formula is C31H37BrClN3O5S. The molecule has 3 aromatic carbocycles. The van der Waals surface area contributed by atoms with Gasteiger partial charge in [-0.25, -0.2) is 8.42 Å². The minimum Gasteiger partial charge on any atom is -0.494 e. The van der Waals surface area contributed by atoms with Crippen LogP contribution in [-0.4, -0.2) is 50.4 Å². The summed E-state index contributed by atoms with van der Waals surface area (Å²) in [5.41, 5.74) is 0.926. The third-order valence-electron chi connectivity index (χ3n) is 6.80. The van der Waals surface area contributed by atoms with Crippen molar-refractivity contribution in [2.24, 2.45) is 0 Å². The van der Waals surface area contributed by atoms with Crippen LogP contribution in [0.15, 0.2) is 82.2 Å². The lowest BCUT2D eigenvalue weighted by Crippen LogP contribution is -2.53. The van der Waals surface area contributed by atoms with Gasteiger partial charge in [0, 0.05) is 22.1 Å². The number of ether oxygens (including phenoxy) is 1. The molecule has 226 valence electrons. The summed E-state index contributed by atoms with van der Waals surface area (Å²) in [4.78, 5) is 29.0. The van der Waals surface area contributed by atoms with Crippen LogP contribution in [-0.2, 0) is 26.2 Å². The van der Waals surface area contributed by atoms with Crippen LogP contribution in [0.1, 0.15) is 46.1 Å². The number of amides is 2. The molecular weight excluding hydrogens is 642 g/mol. The van der Waals surface area contributed by atoms with Crippen molar-refractivity contribution in [1.82, 2.24) is 10.2 Å². The highest BCUT2D eigenvalue weighted by atomic mass is 79.9. The van der Waals surface area contributed by atoms with E-state index in [1.54, 1.807) is 60.7 Å². The average molecular weight is 679 g/mol. The molecule has 2 atom stereocenters. The molecule has 0 aliphatic rings. The van der Waals surface area contributed by atoms with Crippen LogP contribution in [0.5, 0.6) is 5.75 Å². The van der Waals surface area contributed by atoms with Crippen LogP contribution in [0, 0.1) is 0 Å². The molecule has 11 heteroatoms. The summed E-state index contributed by atoms with van der Waals surface area (Å²) in [7, 11) is -4.18. The zero-order valence-electron chi connectivity index (χ0n) is 24.2. The van der Waals surface area contributed by atoms with E-state index >= 15 is 0 Å². The van der Waals surface area contributed by atoms with Gasteiger partial charge in [0.2, 0.25) is 11.8 Å². The molecule has 2 amide bonds. The van der Waals surface area contributed by atoms with Crippen molar-refractivity contribution in [2.45, 2.75) is 64.1 Å². The number of nitrogens with one attached hydrogen (secondary N) is 1. The third-order valence-corrected chi connectivity index (χ3v) is 9.49. The number of rotatable bonds is 14. The highest BCUT2D eigenvalue weighted by Crippen LogP contribution is 2.28. The van der Waals surface area contributed by atoms with E-state index in [2.05, 4.69) is 21.2 Å². The highest BCUT2D eigenvalue weighted by Gasteiger charge is 2.34. The van der Waals surface area contributed by atoms with Crippen LogP contribution in [0.4, 0.5) is 5.69 Å². The molecule has 0 spiro atoms. The van der Waals surface area contributed by atoms with Crippen molar-refractivity contribution in [3.63, 3.8) is 0 Å². The zero-order valence-corrected chi connectivity index (χ0v) is 27.4. The summed E-state index contributed by atoms with van der Waals surface area (Å²) < 4.78 is 35.3. The predicted molar refractivity (Wildman–Crippen MR) is 170 cm³/mol. The maximum absolute atomic E-state index is 14.2. The van der Waals surface area contributed by atoms with Gasteiger partial charge in [-0.2, -0.15) is 0 Å². The van der Waals surface area contributed by atoms with Gasteiger partial charge in [0.15, 0.2) is 0 Å². The lowest BCUT2D eigenvalue weighted by atomic mass is 10.1. The predicted octanol–water partition coefficient (Wildman–Crippen LogP) is 6.42. The topological polar surface area (TPSA) is 96.0 Å². The number of benzene rings is 3. The Bertz CT molecular complexity index is 1450. The van der Waals surface area contributed by atoms with Gasteiger partial charge in [-0.1, -0.05) is 59.6 Å². The summed E-state index contributed by atoms with van der Waals surface area (Å²) in [5.74, 6) is -0.284. The Labute approximate surface area is 262 Å². The van der Waals surface area contributed by atoms with Crippen LogP contribution in [0.2, 0.25) is 5.02 Å². The summed E-state index contributed by atoms with van der Waals surface area (Å²) >= 11 is 9.80. The van der Waals surface area contributed by atoms with Gasteiger partial charge in [-0.05, 0) is 86.8 Å². The molecule has 0 unspecified atom stereocenters. The highest BCUT2D eigenvalue weighted by molar-refractivity contribution is 9.10. The van der Waals surface area contributed by atoms with Gasteiger partial charge >= 0.3 is 0 Å². The summed E-state index contributed by atoms with van der Waals surface area (Å²) in [6, 6.07) is 18.8. The maximum Gasteiger partial charge on any atom is 0.264 e. The Hall–Kier alpha value is -3.08. The van der Waals surface area contributed by atoms with Crippen LogP contribution >= 0.6 is 27.5 Å². The van der Waals surface area contributed by atoms with Gasteiger partial charge in [0.05, 0.1) is 17.2 Å². The van der Waals surface area contributed by atoms with Crippen LogP contribution in [0.3, 0.4) is 0 Å². The van der Waals surface area contributed by atoms with Gasteiger partial charge < -0.3 is 15.0 Å². The first-order valence-corrected chi connectivity index (χ1v) is 16.5. The molecule has 0 aliphatic carbocycles. The van der Waals surface area contributed by atoms with Crippen molar-refractivity contribution >= 4 is 55.1 Å². The maximum atomic E-state index is 14.2. The van der Waals surface area contributed by atoms with Crippen molar-refractivity contribution in [1.29, 1.82) is 0 Å². The van der Waals surface area contributed by atoms with E-state index in [0.29, 0.717) is 33.8 Å². The lowest BCUT2D eigenvalue weighted by Gasteiger charge is -2.34. The molecule has 42 heavy (non-hydrogen) atoms. The number of carbonyl (C=O) groups is 2. The summed E-state index contributed by atoms with van der Waals surface area (Å²) in [5, 5.41) is 3.41. The summed E-state index contributed by atoms with van der Waals surface area (Å²) in [6.07, 6.45) is 1.04. The molecule has 0 fully saturated rings. The molecule has 0 radical (unpaired) electrons. The molecule has 0 saturated heterocycles. The monoisotopic (exact) mass is 677 g/mol. The molecule has 0 saturated carbocycles. The van der Waals surface area contributed by atoms with Crippen molar-refractivity contribution < 1.29 is 22.7 Å². The number of hydrogen-bond acceptors (Lipinski definition) is 5. The number of nitrogens with zero attached hydrogens (tertiary/aromatic N) is 2. The first kappa shape index (κ1) is 33.4. The largest absolute Gasteiger partial charge is 0.494 e. The minimum atomic E-state index is -4.18. The number of carbonyl (C=O) groups excluding carboxylic acids is 2. The second-order valence-electron chi connectivity index (χ2n) is 9.75. The molecule has 3 rings (SSSR count). The van der Waals surface area contributed by atoms with Gasteiger partial charge in [0.25, 0.3) is 10.0 Å². The van der Waals surface area contributed by atoms with E-state index in [1.807, 2.05) is 27.7 Å². The molecule has 0 aliphatic heterocycles. The third kappa shape index (κ3) is 8.49. The number of hydrogen-bond donors (Lipinski definition) is 1. The Kier molecular flexibility index (Phi) is 12.3. The van der Waals surface area contributed by atoms with Gasteiger partial charge in [-0.15, -0.1) is 0 Å². The van der Waals surface area contributed by atoms with Gasteiger partial charge in [-0.3, -0.25) is 13.9 Å². The Morgan fingerprint density at radius 3 is 2.17 bits per heavy atom. The molecule has 8 nitrogen and oxygen atoms in total. The van der Waals surface area contributed by atoms with E-state index in [0.717, 1.165) is 10.7 Å². The SMILES string of the molecule is CCOc1ccc(N(CC(=O)N(Cc2ccccc2Cl)[C@H](CC)C(=O)N[C@H](C)CC)S(=O)(=O)c2ccc(Br)cc2)cc1. The fraction of sp³-hybridized carbons (Fsp3) is 0.355. The molecule has 0 heterocycles. The minimum absolute atomic E-state index is 0.0200. The molecule has 0 bridgehead atoms. The summed E-state index contributed by atoms with van der Waals surface area (Å²) in [6.45, 7) is 7.46. The van der Waals surface area contributed by atoms with Crippen molar-refractivity contribution in [3.05, 3.63) is 87.9 Å². The van der Waals surface area contributed by atoms with E-state index in [9.17, 15) is 18.0 Å². The van der Waals surface area contributed by atoms with E-state index in [4.69, 9.17) is 16.3 Å². The van der Waals surface area contributed by atoms with Crippen LogP contribution in [0.25, 0.3) is 0 Å². The fourth-order valence-corrected chi connectivity index (χ4v) is 6.18. The molecule has 3 aromatic rings.